The van der Waals surface area contributed by atoms with Gasteiger partial charge in [0, 0.05) is 12.0 Å². The van der Waals surface area contributed by atoms with Crippen molar-refractivity contribution < 1.29 is 4.79 Å². The molecular weight excluding hydrogens is 236 g/mol. The number of aryl methyl sites for hydroxylation is 1. The van der Waals surface area contributed by atoms with Crippen molar-refractivity contribution in [1.29, 1.82) is 0 Å². The van der Waals surface area contributed by atoms with E-state index < -0.39 is 0 Å². The molecule has 1 aliphatic carbocycles. The maximum Gasteiger partial charge on any atom is 0.150 e. The quantitative estimate of drug-likeness (QED) is 0.843. The van der Waals surface area contributed by atoms with E-state index in [2.05, 4.69) is 9.97 Å². The lowest BCUT2D eigenvalue weighted by molar-refractivity contribution is 0.112. The van der Waals surface area contributed by atoms with Gasteiger partial charge in [-0.3, -0.25) is 4.79 Å². The summed E-state index contributed by atoms with van der Waals surface area (Å²) in [6, 6.07) is 5.61. The zero-order valence-corrected chi connectivity index (χ0v) is 11.2. The molecule has 2 aromatic rings. The van der Waals surface area contributed by atoms with E-state index >= 15 is 0 Å². The van der Waals surface area contributed by atoms with Gasteiger partial charge < -0.3 is 4.98 Å². The van der Waals surface area contributed by atoms with Crippen molar-refractivity contribution in [2.75, 3.05) is 0 Å². The maximum atomic E-state index is 10.8. The van der Waals surface area contributed by atoms with Gasteiger partial charge in [-0.25, -0.2) is 4.98 Å². The second-order valence-electron chi connectivity index (χ2n) is 5.62. The predicted molar refractivity (Wildman–Crippen MR) is 76.4 cm³/mol. The summed E-state index contributed by atoms with van der Waals surface area (Å²) in [5, 5.41) is 0. The van der Waals surface area contributed by atoms with Crippen molar-refractivity contribution in [2.24, 2.45) is 5.92 Å². The number of hydrogen-bond donors (Lipinski definition) is 1. The second kappa shape index (κ2) is 5.55. The number of rotatable bonds is 4. The molecule has 0 bridgehead atoms. The van der Waals surface area contributed by atoms with Crippen LogP contribution in [0.5, 0.6) is 0 Å². The molecule has 3 nitrogen and oxygen atoms in total. The molecule has 0 radical (unpaired) electrons. The van der Waals surface area contributed by atoms with Crippen LogP contribution in [0, 0.1) is 5.92 Å². The predicted octanol–water partition coefficient (Wildman–Crippen LogP) is 3.89. The number of aldehydes is 1. The maximum absolute atomic E-state index is 10.8. The Morgan fingerprint density at radius 3 is 2.89 bits per heavy atom. The fourth-order valence-electron chi connectivity index (χ4n) is 3.09. The molecule has 1 aromatic carbocycles. The summed E-state index contributed by atoms with van der Waals surface area (Å²) in [6.07, 6.45) is 10.1. The standard InChI is InChI=1S/C16H20N2O/c19-11-13-6-8-14-15(10-13)18-16(17-14)9-7-12-4-2-1-3-5-12/h6,8,10-12H,1-5,7,9H2,(H,17,18). The Labute approximate surface area is 113 Å². The number of benzene rings is 1. The Morgan fingerprint density at radius 1 is 1.26 bits per heavy atom. The number of imidazole rings is 1. The van der Waals surface area contributed by atoms with Crippen LogP contribution in [0.2, 0.25) is 0 Å². The average Bonchev–Trinajstić information content (AvgIpc) is 2.88. The number of carbonyl (C=O) groups excluding carboxylic acids is 1. The SMILES string of the molecule is O=Cc1ccc2nc(CCC3CCCCC3)[nH]c2c1. The number of carbonyl (C=O) groups is 1. The molecule has 0 spiro atoms. The minimum absolute atomic E-state index is 0.704. The summed E-state index contributed by atoms with van der Waals surface area (Å²) in [7, 11) is 0. The van der Waals surface area contributed by atoms with Crippen LogP contribution in [-0.4, -0.2) is 16.3 Å². The highest BCUT2D eigenvalue weighted by atomic mass is 16.1. The van der Waals surface area contributed by atoms with Crippen LogP contribution in [0.3, 0.4) is 0 Å². The molecule has 0 unspecified atom stereocenters. The Balaban J connectivity index is 1.68. The number of H-pyrrole nitrogens is 1. The molecular formula is C16H20N2O. The molecule has 3 heteroatoms. The number of aromatic amines is 1. The monoisotopic (exact) mass is 256 g/mol. The van der Waals surface area contributed by atoms with Gasteiger partial charge in [0.15, 0.2) is 0 Å². The molecule has 0 aliphatic heterocycles. The molecule has 19 heavy (non-hydrogen) atoms. The van der Waals surface area contributed by atoms with Gasteiger partial charge in [0.2, 0.25) is 0 Å². The van der Waals surface area contributed by atoms with Crippen LogP contribution in [0.15, 0.2) is 18.2 Å². The van der Waals surface area contributed by atoms with Crippen LogP contribution in [-0.2, 0) is 6.42 Å². The first-order chi connectivity index (χ1) is 9.35. The summed E-state index contributed by atoms with van der Waals surface area (Å²) in [5.41, 5.74) is 2.64. The topological polar surface area (TPSA) is 45.8 Å². The van der Waals surface area contributed by atoms with Crippen molar-refractivity contribution in [3.05, 3.63) is 29.6 Å². The largest absolute Gasteiger partial charge is 0.342 e. The first kappa shape index (κ1) is 12.4. The van der Waals surface area contributed by atoms with E-state index in [4.69, 9.17) is 0 Å². The van der Waals surface area contributed by atoms with E-state index in [-0.39, 0.29) is 0 Å². The van der Waals surface area contributed by atoms with Gasteiger partial charge in [-0.05, 0) is 30.5 Å². The molecule has 3 rings (SSSR count). The normalized spacial score (nSPS) is 16.8. The van der Waals surface area contributed by atoms with Gasteiger partial charge in [-0.2, -0.15) is 0 Å². The van der Waals surface area contributed by atoms with E-state index in [0.717, 1.165) is 35.5 Å². The van der Waals surface area contributed by atoms with Crippen LogP contribution in [0.25, 0.3) is 11.0 Å². The molecule has 100 valence electrons. The lowest BCUT2D eigenvalue weighted by atomic mass is 9.86. The Morgan fingerprint density at radius 2 is 2.11 bits per heavy atom. The minimum atomic E-state index is 0.704. The van der Waals surface area contributed by atoms with Crippen molar-refractivity contribution in [2.45, 2.75) is 44.9 Å². The summed E-state index contributed by atoms with van der Waals surface area (Å²) in [5.74, 6) is 1.94. The van der Waals surface area contributed by atoms with Crippen molar-refractivity contribution in [1.82, 2.24) is 9.97 Å². The van der Waals surface area contributed by atoms with Gasteiger partial charge in [0.05, 0.1) is 11.0 Å². The van der Waals surface area contributed by atoms with Crippen LogP contribution in [0.1, 0.15) is 54.7 Å². The third-order valence-corrected chi connectivity index (χ3v) is 4.21. The van der Waals surface area contributed by atoms with Gasteiger partial charge in [-0.1, -0.05) is 32.1 Å². The van der Waals surface area contributed by atoms with Crippen molar-refractivity contribution in [3.8, 4) is 0 Å². The Hall–Kier alpha value is -1.64. The molecule has 0 saturated heterocycles. The van der Waals surface area contributed by atoms with Gasteiger partial charge >= 0.3 is 0 Å². The highest BCUT2D eigenvalue weighted by molar-refractivity contribution is 5.84. The second-order valence-corrected chi connectivity index (χ2v) is 5.62. The number of aromatic nitrogens is 2. The summed E-state index contributed by atoms with van der Waals surface area (Å²) >= 11 is 0. The minimum Gasteiger partial charge on any atom is -0.342 e. The first-order valence-electron chi connectivity index (χ1n) is 7.29. The lowest BCUT2D eigenvalue weighted by Gasteiger charge is -2.20. The molecule has 1 aliphatic rings. The Kier molecular flexibility index (Phi) is 3.62. The molecule has 1 heterocycles. The number of hydrogen-bond acceptors (Lipinski definition) is 2. The lowest BCUT2D eigenvalue weighted by Crippen LogP contribution is -2.07. The zero-order valence-electron chi connectivity index (χ0n) is 11.2. The van der Waals surface area contributed by atoms with Gasteiger partial charge in [-0.15, -0.1) is 0 Å². The molecule has 1 saturated carbocycles. The Bertz CT molecular complexity index is 567. The molecule has 0 atom stereocenters. The van der Waals surface area contributed by atoms with Crippen LogP contribution < -0.4 is 0 Å². The van der Waals surface area contributed by atoms with Crippen LogP contribution in [0.4, 0.5) is 0 Å². The third-order valence-electron chi connectivity index (χ3n) is 4.21. The zero-order chi connectivity index (χ0) is 13.1. The highest BCUT2D eigenvalue weighted by Gasteiger charge is 2.14. The third kappa shape index (κ3) is 2.86. The fourth-order valence-corrected chi connectivity index (χ4v) is 3.09. The highest BCUT2D eigenvalue weighted by Crippen LogP contribution is 2.27. The summed E-state index contributed by atoms with van der Waals surface area (Å²) in [4.78, 5) is 18.7. The van der Waals surface area contributed by atoms with Gasteiger partial charge in [0.1, 0.15) is 12.1 Å². The first-order valence-corrected chi connectivity index (χ1v) is 7.29. The van der Waals surface area contributed by atoms with Crippen LogP contribution >= 0.6 is 0 Å². The van der Waals surface area contributed by atoms with Crippen molar-refractivity contribution >= 4 is 17.3 Å². The van der Waals surface area contributed by atoms with E-state index in [1.165, 1.54) is 38.5 Å². The molecule has 1 N–H and O–H groups in total. The average molecular weight is 256 g/mol. The fraction of sp³-hybridized carbons (Fsp3) is 0.500. The molecule has 0 amide bonds. The molecule has 1 aromatic heterocycles. The number of nitrogens with zero attached hydrogens (tertiary/aromatic N) is 1. The van der Waals surface area contributed by atoms with Gasteiger partial charge in [0.25, 0.3) is 0 Å². The van der Waals surface area contributed by atoms with E-state index in [9.17, 15) is 4.79 Å². The van der Waals surface area contributed by atoms with E-state index in [1.807, 2.05) is 18.2 Å². The summed E-state index contributed by atoms with van der Waals surface area (Å²) in [6.45, 7) is 0. The van der Waals surface area contributed by atoms with Crippen molar-refractivity contribution in [3.63, 3.8) is 0 Å². The number of nitrogens with one attached hydrogen (secondary N) is 1. The summed E-state index contributed by atoms with van der Waals surface area (Å²) < 4.78 is 0. The molecule has 1 fully saturated rings. The smallest absolute Gasteiger partial charge is 0.150 e. The van der Waals surface area contributed by atoms with E-state index in [0.29, 0.717) is 5.56 Å². The van der Waals surface area contributed by atoms with E-state index in [1.54, 1.807) is 0 Å². The number of fused-ring (bicyclic) bond motifs is 1.